The molecule has 0 aliphatic heterocycles. The first-order chi connectivity index (χ1) is 10.4. The van der Waals surface area contributed by atoms with Gasteiger partial charge in [-0.1, -0.05) is 29.8 Å². The number of nitrogens with one attached hydrogen (secondary N) is 2. The van der Waals surface area contributed by atoms with Crippen molar-refractivity contribution in [2.24, 2.45) is 0 Å². The summed E-state index contributed by atoms with van der Waals surface area (Å²) in [4.78, 5) is 11.7. The van der Waals surface area contributed by atoms with Gasteiger partial charge in [-0.25, -0.2) is 9.18 Å². The molecule has 0 heterocycles. The quantitative estimate of drug-likeness (QED) is 0.506. The Morgan fingerprint density at radius 1 is 1.55 bits per heavy atom. The van der Waals surface area contributed by atoms with Gasteiger partial charge in [0.1, 0.15) is 5.82 Å². The predicted molar refractivity (Wildman–Crippen MR) is 83.4 cm³/mol. The largest absolute Gasteiger partial charge is 0.394 e. The monoisotopic (exact) mass is 330 g/mol. The van der Waals surface area contributed by atoms with E-state index in [0.29, 0.717) is 25.3 Å². The summed E-state index contributed by atoms with van der Waals surface area (Å²) in [6.07, 6.45) is 0. The van der Waals surface area contributed by atoms with Crippen LogP contribution in [-0.2, 0) is 4.74 Å². The molecule has 0 bridgehead atoms. The van der Waals surface area contributed by atoms with Crippen LogP contribution < -0.4 is 10.6 Å². The number of rotatable bonds is 8. The predicted octanol–water partition coefficient (Wildman–Crippen LogP) is 2.40. The molecule has 1 aromatic rings. The number of aliphatic hydroxyl groups is 1. The highest BCUT2D eigenvalue weighted by Gasteiger charge is 2.15. The van der Waals surface area contributed by atoms with Crippen LogP contribution in [0.2, 0.25) is 5.02 Å². The Morgan fingerprint density at radius 2 is 2.27 bits per heavy atom. The van der Waals surface area contributed by atoms with Crippen LogP contribution in [-0.4, -0.2) is 37.5 Å². The summed E-state index contributed by atoms with van der Waals surface area (Å²) in [6.45, 7) is 6.27. The zero-order valence-corrected chi connectivity index (χ0v) is 13.1. The SMILES string of the molecule is C=C(C)COCCNC(=O)NC(CO)c1ccc(Cl)c(F)c1. The van der Waals surface area contributed by atoms with E-state index in [1.165, 1.54) is 12.1 Å². The van der Waals surface area contributed by atoms with Gasteiger partial charge in [0, 0.05) is 6.54 Å². The summed E-state index contributed by atoms with van der Waals surface area (Å²) >= 11 is 5.60. The lowest BCUT2D eigenvalue weighted by Crippen LogP contribution is -2.40. The van der Waals surface area contributed by atoms with Gasteiger partial charge in [0.2, 0.25) is 0 Å². The van der Waals surface area contributed by atoms with E-state index in [1.54, 1.807) is 6.07 Å². The van der Waals surface area contributed by atoms with E-state index in [9.17, 15) is 14.3 Å². The van der Waals surface area contributed by atoms with E-state index >= 15 is 0 Å². The molecule has 0 saturated carbocycles. The van der Waals surface area contributed by atoms with Gasteiger partial charge in [-0.05, 0) is 24.6 Å². The van der Waals surface area contributed by atoms with Gasteiger partial charge in [0.05, 0.1) is 30.9 Å². The number of ether oxygens (including phenoxy) is 1. The van der Waals surface area contributed by atoms with Gasteiger partial charge in [-0.2, -0.15) is 0 Å². The van der Waals surface area contributed by atoms with Crippen LogP contribution in [0.5, 0.6) is 0 Å². The molecule has 7 heteroatoms. The molecule has 1 unspecified atom stereocenters. The van der Waals surface area contributed by atoms with E-state index in [1.807, 2.05) is 6.92 Å². The number of carbonyl (C=O) groups is 1. The van der Waals surface area contributed by atoms with E-state index in [4.69, 9.17) is 16.3 Å². The van der Waals surface area contributed by atoms with Crippen LogP contribution in [0, 0.1) is 5.82 Å². The summed E-state index contributed by atoms with van der Waals surface area (Å²) in [6, 6.07) is 2.90. The molecule has 5 nitrogen and oxygen atoms in total. The zero-order valence-electron chi connectivity index (χ0n) is 12.4. The average molecular weight is 331 g/mol. The number of hydrogen-bond donors (Lipinski definition) is 3. The molecule has 1 rings (SSSR count). The minimum absolute atomic E-state index is 0.0143. The third-order valence-corrected chi connectivity index (χ3v) is 3.02. The number of carbonyl (C=O) groups excluding carboxylic acids is 1. The topological polar surface area (TPSA) is 70.6 Å². The Labute approximate surface area is 134 Å². The second kappa shape index (κ2) is 9.40. The Balaban J connectivity index is 2.43. The Hall–Kier alpha value is -1.63. The minimum atomic E-state index is -0.719. The van der Waals surface area contributed by atoms with Crippen molar-refractivity contribution < 1.29 is 19.0 Å². The lowest BCUT2D eigenvalue weighted by molar-refractivity contribution is 0.157. The molecule has 1 atom stereocenters. The van der Waals surface area contributed by atoms with Gasteiger partial charge in [-0.15, -0.1) is 0 Å². The Bertz CT molecular complexity index is 526. The van der Waals surface area contributed by atoms with Crippen LogP contribution >= 0.6 is 11.6 Å². The van der Waals surface area contributed by atoms with Gasteiger partial charge in [0.15, 0.2) is 0 Å². The lowest BCUT2D eigenvalue weighted by atomic mass is 10.1. The van der Waals surface area contributed by atoms with Crippen LogP contribution in [0.15, 0.2) is 30.4 Å². The summed E-state index contributed by atoms with van der Waals surface area (Å²) in [7, 11) is 0. The molecular formula is C15H20ClFN2O3. The summed E-state index contributed by atoms with van der Waals surface area (Å²) in [5, 5.41) is 14.4. The summed E-state index contributed by atoms with van der Waals surface area (Å²) in [5.74, 6) is -0.604. The van der Waals surface area contributed by atoms with Crippen molar-refractivity contribution in [1.82, 2.24) is 10.6 Å². The number of aliphatic hydroxyl groups excluding tert-OH is 1. The van der Waals surface area contributed by atoms with Crippen molar-refractivity contribution >= 4 is 17.6 Å². The van der Waals surface area contributed by atoms with E-state index in [2.05, 4.69) is 17.2 Å². The fourth-order valence-electron chi connectivity index (χ4n) is 1.66. The molecule has 0 aromatic heterocycles. The lowest BCUT2D eigenvalue weighted by Gasteiger charge is -2.17. The second-order valence-electron chi connectivity index (χ2n) is 4.82. The summed E-state index contributed by atoms with van der Waals surface area (Å²) in [5.41, 5.74) is 1.33. The van der Waals surface area contributed by atoms with Crippen molar-refractivity contribution in [2.75, 3.05) is 26.4 Å². The number of urea groups is 1. The van der Waals surface area contributed by atoms with Crippen molar-refractivity contribution in [2.45, 2.75) is 13.0 Å². The van der Waals surface area contributed by atoms with Crippen molar-refractivity contribution in [3.8, 4) is 0 Å². The maximum atomic E-state index is 13.4. The van der Waals surface area contributed by atoms with Crippen LogP contribution in [0.4, 0.5) is 9.18 Å². The zero-order chi connectivity index (χ0) is 16.5. The highest BCUT2D eigenvalue weighted by Crippen LogP contribution is 2.20. The molecule has 0 aliphatic carbocycles. The smallest absolute Gasteiger partial charge is 0.315 e. The normalized spacial score (nSPS) is 11.8. The first-order valence-electron chi connectivity index (χ1n) is 6.76. The van der Waals surface area contributed by atoms with Gasteiger partial charge in [0.25, 0.3) is 0 Å². The Morgan fingerprint density at radius 3 is 2.86 bits per heavy atom. The molecule has 0 aliphatic rings. The van der Waals surface area contributed by atoms with Crippen LogP contribution in [0.3, 0.4) is 0 Å². The number of hydrogen-bond acceptors (Lipinski definition) is 3. The highest BCUT2D eigenvalue weighted by atomic mass is 35.5. The molecule has 122 valence electrons. The molecule has 22 heavy (non-hydrogen) atoms. The standard InChI is InChI=1S/C15H20ClFN2O3/c1-10(2)9-22-6-5-18-15(21)19-14(8-20)11-3-4-12(16)13(17)7-11/h3-4,7,14,20H,1,5-6,8-9H2,2H3,(H2,18,19,21). The van der Waals surface area contributed by atoms with Gasteiger partial charge < -0.3 is 20.5 Å². The third-order valence-electron chi connectivity index (χ3n) is 2.71. The molecule has 0 radical (unpaired) electrons. The van der Waals surface area contributed by atoms with Crippen molar-refractivity contribution in [3.63, 3.8) is 0 Å². The maximum Gasteiger partial charge on any atom is 0.315 e. The first kappa shape index (κ1) is 18.4. The number of amides is 2. The van der Waals surface area contributed by atoms with E-state index in [0.717, 1.165) is 5.57 Å². The first-order valence-corrected chi connectivity index (χ1v) is 7.14. The van der Waals surface area contributed by atoms with Gasteiger partial charge in [-0.3, -0.25) is 0 Å². The molecule has 1 aromatic carbocycles. The molecule has 3 N–H and O–H groups in total. The highest BCUT2D eigenvalue weighted by molar-refractivity contribution is 6.30. The summed E-state index contributed by atoms with van der Waals surface area (Å²) < 4.78 is 18.6. The van der Waals surface area contributed by atoms with Crippen LogP contribution in [0.25, 0.3) is 0 Å². The molecular weight excluding hydrogens is 311 g/mol. The maximum absolute atomic E-state index is 13.4. The fourth-order valence-corrected chi connectivity index (χ4v) is 1.77. The third kappa shape index (κ3) is 6.43. The molecule has 0 fully saturated rings. The van der Waals surface area contributed by atoms with E-state index in [-0.39, 0.29) is 11.6 Å². The number of halogens is 2. The van der Waals surface area contributed by atoms with Crippen molar-refractivity contribution in [1.29, 1.82) is 0 Å². The average Bonchev–Trinajstić information content (AvgIpc) is 2.47. The number of benzene rings is 1. The van der Waals surface area contributed by atoms with Gasteiger partial charge >= 0.3 is 6.03 Å². The Kier molecular flexibility index (Phi) is 7.87. The molecule has 0 saturated heterocycles. The van der Waals surface area contributed by atoms with Crippen LogP contribution in [0.1, 0.15) is 18.5 Å². The van der Waals surface area contributed by atoms with E-state index < -0.39 is 17.9 Å². The minimum Gasteiger partial charge on any atom is -0.394 e. The molecule has 0 spiro atoms. The second-order valence-corrected chi connectivity index (χ2v) is 5.23. The molecule has 2 amide bonds. The fraction of sp³-hybridized carbons (Fsp3) is 0.400. The van der Waals surface area contributed by atoms with Crippen molar-refractivity contribution in [3.05, 3.63) is 46.8 Å².